The maximum atomic E-state index is 15.0. The lowest BCUT2D eigenvalue weighted by atomic mass is 9.72. The van der Waals surface area contributed by atoms with Crippen LogP contribution in [0.25, 0.3) is 98.0 Å². The zero-order chi connectivity index (χ0) is 47.7. The minimum absolute atomic E-state index is 0.655. The van der Waals surface area contributed by atoms with Crippen LogP contribution in [-0.4, -0.2) is 15.3 Å². The van der Waals surface area contributed by atoms with E-state index in [9.17, 15) is 0 Å². The molecule has 0 saturated carbocycles. The summed E-state index contributed by atoms with van der Waals surface area (Å²) < 4.78 is 0. The molecule has 0 fully saturated rings. The van der Waals surface area contributed by atoms with Crippen molar-refractivity contribution in [1.29, 1.82) is 0 Å². The summed E-state index contributed by atoms with van der Waals surface area (Å²) in [5.41, 5.74) is 5.83. The summed E-state index contributed by atoms with van der Waals surface area (Å²) in [6, 6.07) is 81.7. The second-order valence-corrected chi connectivity index (χ2v) is 20.1. The van der Waals surface area contributed by atoms with E-state index < -0.39 is 16.8 Å². The molecule has 3 atom stereocenters. The highest BCUT2D eigenvalue weighted by atomic mass is 16.3. The highest BCUT2D eigenvalue weighted by Gasteiger charge is 2.59. The molecule has 0 unspecified atom stereocenters. The highest BCUT2D eigenvalue weighted by molar-refractivity contribution is 6.15. The molecule has 13 aromatic rings. The molecule has 0 aromatic heterocycles. The molecule has 13 aromatic carbocycles. The molecular formula is C69H42O3. The number of rotatable bonds is 3. The van der Waals surface area contributed by atoms with Crippen molar-refractivity contribution in [3.63, 3.8) is 0 Å². The Balaban J connectivity index is 1.17. The van der Waals surface area contributed by atoms with Crippen LogP contribution in [0.1, 0.15) is 50.1 Å². The summed E-state index contributed by atoms with van der Waals surface area (Å²) in [6.45, 7) is 0. The molecule has 0 saturated heterocycles. The number of benzene rings is 13. The first-order chi connectivity index (χ1) is 35.4. The molecule has 0 bridgehead atoms. The van der Waals surface area contributed by atoms with E-state index in [1.54, 1.807) is 0 Å². The van der Waals surface area contributed by atoms with E-state index in [1.165, 1.54) is 0 Å². The zero-order valence-electron chi connectivity index (χ0n) is 38.9. The molecule has 3 aliphatic rings. The zero-order valence-corrected chi connectivity index (χ0v) is 38.9. The third-order valence-corrected chi connectivity index (χ3v) is 16.8. The molecule has 72 heavy (non-hydrogen) atoms. The van der Waals surface area contributed by atoms with Gasteiger partial charge >= 0.3 is 0 Å². The van der Waals surface area contributed by atoms with Gasteiger partial charge in [0.2, 0.25) is 0 Å². The SMILES string of the molecule is O[C@]1(c2cc3ccccc3c3ccccc23)c2ccccc2-c2c1c1c(c3c2[C@](O)(c2cc4ccccc4c4ccccc24)c2ccccc2-3)[C@](O)(c2cc3ccccc3c3ccccc23)c2ccccc2-1. The Morgan fingerprint density at radius 1 is 0.208 bits per heavy atom. The molecule has 0 radical (unpaired) electrons. The van der Waals surface area contributed by atoms with Crippen molar-refractivity contribution >= 4 is 64.6 Å². The molecule has 0 heterocycles. The van der Waals surface area contributed by atoms with Crippen LogP contribution in [0.3, 0.4) is 0 Å². The van der Waals surface area contributed by atoms with Crippen molar-refractivity contribution in [2.24, 2.45) is 0 Å². The number of hydrogen-bond acceptors (Lipinski definition) is 3. The van der Waals surface area contributed by atoms with E-state index in [0.717, 1.165) is 131 Å². The van der Waals surface area contributed by atoms with E-state index in [4.69, 9.17) is 0 Å². The molecule has 3 N–H and O–H groups in total. The summed E-state index contributed by atoms with van der Waals surface area (Å²) in [5.74, 6) is 0. The van der Waals surface area contributed by atoms with Crippen LogP contribution >= 0.6 is 0 Å². The van der Waals surface area contributed by atoms with Crippen molar-refractivity contribution in [3.05, 3.63) is 287 Å². The van der Waals surface area contributed by atoms with Crippen LogP contribution in [0.15, 0.2) is 237 Å². The maximum absolute atomic E-state index is 15.0. The van der Waals surface area contributed by atoms with Crippen molar-refractivity contribution < 1.29 is 15.3 Å². The highest BCUT2D eigenvalue weighted by Crippen LogP contribution is 2.70. The van der Waals surface area contributed by atoms with Gasteiger partial charge in [-0.15, -0.1) is 0 Å². The minimum Gasteiger partial charge on any atom is -0.376 e. The molecule has 16 rings (SSSR count). The lowest BCUT2D eigenvalue weighted by Crippen LogP contribution is -2.32. The first-order valence-corrected chi connectivity index (χ1v) is 24.8. The fraction of sp³-hybridized carbons (Fsp3) is 0.0435. The number of aliphatic hydroxyl groups is 3. The van der Waals surface area contributed by atoms with E-state index in [0.29, 0.717) is 16.7 Å². The Labute approximate surface area is 414 Å². The first-order valence-electron chi connectivity index (χ1n) is 24.8. The molecule has 3 nitrogen and oxygen atoms in total. The van der Waals surface area contributed by atoms with Crippen molar-refractivity contribution in [3.8, 4) is 33.4 Å². The van der Waals surface area contributed by atoms with E-state index in [2.05, 4.69) is 200 Å². The van der Waals surface area contributed by atoms with Gasteiger partial charge in [0.15, 0.2) is 0 Å². The Morgan fingerprint density at radius 3 is 0.722 bits per heavy atom. The minimum atomic E-state index is -1.79. The second kappa shape index (κ2) is 14.0. The third-order valence-electron chi connectivity index (χ3n) is 16.8. The van der Waals surface area contributed by atoms with E-state index in [1.807, 2.05) is 36.4 Å². The van der Waals surface area contributed by atoms with Gasteiger partial charge in [-0.3, -0.25) is 0 Å². The second-order valence-electron chi connectivity index (χ2n) is 20.1. The Hall–Kier alpha value is -8.70. The van der Waals surface area contributed by atoms with Gasteiger partial charge < -0.3 is 15.3 Å². The van der Waals surface area contributed by atoms with Crippen LogP contribution in [-0.2, 0) is 16.8 Å². The van der Waals surface area contributed by atoms with Gasteiger partial charge in [-0.05, 0) is 116 Å². The molecule has 0 amide bonds. The van der Waals surface area contributed by atoms with Gasteiger partial charge in [-0.2, -0.15) is 0 Å². The van der Waals surface area contributed by atoms with Crippen molar-refractivity contribution in [2.75, 3.05) is 0 Å². The Morgan fingerprint density at radius 2 is 0.431 bits per heavy atom. The van der Waals surface area contributed by atoms with E-state index >= 15 is 15.3 Å². The largest absolute Gasteiger partial charge is 0.376 e. The van der Waals surface area contributed by atoms with Crippen molar-refractivity contribution in [2.45, 2.75) is 16.8 Å². The lowest BCUT2D eigenvalue weighted by Gasteiger charge is -2.35. The van der Waals surface area contributed by atoms with Gasteiger partial charge in [0.1, 0.15) is 16.8 Å². The third kappa shape index (κ3) is 4.76. The summed E-state index contributed by atoms with van der Waals surface area (Å²) in [6.07, 6.45) is 0. The van der Waals surface area contributed by atoms with Gasteiger partial charge in [0.25, 0.3) is 0 Å². The van der Waals surface area contributed by atoms with Crippen LogP contribution < -0.4 is 0 Å². The van der Waals surface area contributed by atoms with Gasteiger partial charge in [-0.25, -0.2) is 0 Å². The quantitative estimate of drug-likeness (QED) is 0.155. The van der Waals surface area contributed by atoms with Gasteiger partial charge in [-0.1, -0.05) is 218 Å². The fourth-order valence-corrected chi connectivity index (χ4v) is 14.0. The maximum Gasteiger partial charge on any atom is 0.143 e. The molecule has 336 valence electrons. The van der Waals surface area contributed by atoms with Gasteiger partial charge in [0.05, 0.1) is 0 Å². The molecule has 0 spiro atoms. The predicted octanol–water partition coefficient (Wildman–Crippen LogP) is 15.4. The van der Waals surface area contributed by atoms with E-state index in [-0.39, 0.29) is 0 Å². The topological polar surface area (TPSA) is 60.7 Å². The van der Waals surface area contributed by atoms with Crippen LogP contribution in [0.5, 0.6) is 0 Å². The average molecular weight is 919 g/mol. The van der Waals surface area contributed by atoms with Crippen LogP contribution in [0, 0.1) is 0 Å². The summed E-state index contributed by atoms with van der Waals surface area (Å²) in [7, 11) is 0. The predicted molar refractivity (Wildman–Crippen MR) is 293 cm³/mol. The normalized spacial score (nSPS) is 19.2. The fourth-order valence-electron chi connectivity index (χ4n) is 14.0. The average Bonchev–Trinajstić information content (AvgIpc) is 3.99. The molecule has 3 aliphatic carbocycles. The monoisotopic (exact) mass is 918 g/mol. The molecular weight excluding hydrogens is 877 g/mol. The summed E-state index contributed by atoms with van der Waals surface area (Å²) in [4.78, 5) is 0. The lowest BCUT2D eigenvalue weighted by molar-refractivity contribution is 0.124. The van der Waals surface area contributed by atoms with Crippen LogP contribution in [0.4, 0.5) is 0 Å². The first kappa shape index (κ1) is 40.1. The molecule has 0 aliphatic heterocycles. The van der Waals surface area contributed by atoms with Crippen LogP contribution in [0.2, 0.25) is 0 Å². The summed E-state index contributed by atoms with van der Waals surface area (Å²) >= 11 is 0. The van der Waals surface area contributed by atoms with Gasteiger partial charge in [0, 0.05) is 50.1 Å². The van der Waals surface area contributed by atoms with Crippen molar-refractivity contribution in [1.82, 2.24) is 0 Å². The molecule has 3 heteroatoms. The summed E-state index contributed by atoms with van der Waals surface area (Å²) in [5, 5.41) is 57.2. The number of hydrogen-bond donors (Lipinski definition) is 3. The Bertz CT molecular complexity index is 4100. The smallest absolute Gasteiger partial charge is 0.143 e. The Kier molecular flexibility index (Phi) is 7.79. The standard InChI is InChI=1S/C69H42O3/c70-67(58-37-40-19-1-4-22-43(40)46-25-7-10-28-49(46)58)55-34-16-13-31-52(55)61-64(67)62-53-32-14-17-35-56(53)68(71,59-38-41-20-2-5-23-44(41)47-26-8-11-29-50(47)59)66(62)63-54-33-15-18-36-57(54)69(72,65(61)63)60-39-42-21-3-6-24-45(42)48-27-9-12-30-51(48)60/h1-39,70-72H/t67-,68-,69+/m1/s1. The number of fused-ring (bicyclic) bond motifs is 21.